The molecule has 0 aliphatic rings. The maximum Gasteiger partial charge on any atom is 0.407 e. The molecule has 0 saturated heterocycles. The number of hydrogen-bond donors (Lipinski definition) is 1. The number of nitrogens with one attached hydrogen (secondary N) is 1. The van der Waals surface area contributed by atoms with Gasteiger partial charge in [0.05, 0.1) is 7.11 Å². The van der Waals surface area contributed by atoms with Crippen LogP contribution in [0.15, 0.2) is 30.3 Å². The maximum atomic E-state index is 12.1. The van der Waals surface area contributed by atoms with Crippen molar-refractivity contribution in [3.05, 3.63) is 35.9 Å². The molecular weight excluding hydrogens is 326 g/mol. The van der Waals surface area contributed by atoms with Crippen molar-refractivity contribution in [2.45, 2.75) is 32.8 Å². The molecule has 0 aliphatic carbocycles. The largest absolute Gasteiger partial charge is 0.468 e. The van der Waals surface area contributed by atoms with Gasteiger partial charge in [-0.2, -0.15) is 0 Å². The molecule has 1 unspecified atom stereocenters. The van der Waals surface area contributed by atoms with Crippen molar-refractivity contribution in [3.8, 4) is 0 Å². The number of ether oxygens (including phenoxy) is 2. The Labute approximate surface area is 146 Å². The Kier molecular flexibility index (Phi) is 8.92. The Morgan fingerprint density at radius 1 is 1.12 bits per heavy atom. The van der Waals surface area contributed by atoms with Gasteiger partial charge in [-0.3, -0.25) is 14.4 Å². The summed E-state index contributed by atoms with van der Waals surface area (Å²) in [5.74, 6) is -2.51. The molecule has 1 aromatic carbocycles. The van der Waals surface area contributed by atoms with Crippen LogP contribution < -0.4 is 5.32 Å². The molecular formula is C18H23NO6. The van der Waals surface area contributed by atoms with E-state index >= 15 is 0 Å². The highest BCUT2D eigenvalue weighted by Gasteiger charge is 2.29. The molecule has 1 N–H and O–H groups in total. The third-order valence-electron chi connectivity index (χ3n) is 3.55. The number of carbonyl (C=O) groups excluding carboxylic acids is 4. The van der Waals surface area contributed by atoms with E-state index in [2.05, 4.69) is 10.1 Å². The highest BCUT2D eigenvalue weighted by Crippen LogP contribution is 2.11. The number of alkyl carbamates (subject to hydrolysis) is 1. The summed E-state index contributed by atoms with van der Waals surface area (Å²) >= 11 is 0. The molecule has 136 valence electrons. The standard InChI is InChI=1S/C18H23NO6/c1-3-14(20)11-15(17(22)24-2)16(21)9-10-19-18(23)25-12-13-7-5-4-6-8-13/h4-8,15H,3,9-12H2,1-2H3,(H,19,23). The Hall–Kier alpha value is -2.70. The minimum absolute atomic E-state index is 0.0142. The van der Waals surface area contributed by atoms with Crippen molar-refractivity contribution in [2.75, 3.05) is 13.7 Å². The average Bonchev–Trinajstić information content (AvgIpc) is 2.64. The SMILES string of the molecule is CCC(=O)CC(C(=O)CCNC(=O)OCc1ccccc1)C(=O)OC. The van der Waals surface area contributed by atoms with Crippen molar-refractivity contribution in [1.82, 2.24) is 5.32 Å². The number of hydrogen-bond acceptors (Lipinski definition) is 6. The van der Waals surface area contributed by atoms with Gasteiger partial charge in [-0.05, 0) is 5.56 Å². The molecule has 0 heterocycles. The first-order chi connectivity index (χ1) is 12.0. The van der Waals surface area contributed by atoms with Gasteiger partial charge >= 0.3 is 12.1 Å². The lowest BCUT2D eigenvalue weighted by atomic mass is 9.95. The molecule has 0 fully saturated rings. The van der Waals surface area contributed by atoms with E-state index in [1.165, 1.54) is 0 Å². The van der Waals surface area contributed by atoms with Crippen LogP contribution in [-0.2, 0) is 30.5 Å². The van der Waals surface area contributed by atoms with Gasteiger partial charge in [-0.1, -0.05) is 37.3 Å². The molecule has 0 aliphatic heterocycles. The monoisotopic (exact) mass is 349 g/mol. The predicted molar refractivity (Wildman–Crippen MR) is 89.7 cm³/mol. The van der Waals surface area contributed by atoms with Gasteiger partial charge < -0.3 is 14.8 Å². The van der Waals surface area contributed by atoms with E-state index in [4.69, 9.17) is 4.74 Å². The van der Waals surface area contributed by atoms with E-state index < -0.39 is 23.8 Å². The quantitative estimate of drug-likeness (QED) is 0.512. The van der Waals surface area contributed by atoms with Crippen LogP contribution in [0.1, 0.15) is 31.7 Å². The minimum atomic E-state index is -1.13. The van der Waals surface area contributed by atoms with Gasteiger partial charge in [0.1, 0.15) is 24.1 Å². The number of amides is 1. The third-order valence-corrected chi connectivity index (χ3v) is 3.55. The molecule has 0 spiro atoms. The molecule has 1 amide bonds. The van der Waals surface area contributed by atoms with E-state index in [1.807, 2.05) is 30.3 Å². The van der Waals surface area contributed by atoms with Crippen molar-refractivity contribution in [2.24, 2.45) is 5.92 Å². The highest BCUT2D eigenvalue weighted by molar-refractivity contribution is 6.02. The van der Waals surface area contributed by atoms with Crippen molar-refractivity contribution in [3.63, 3.8) is 0 Å². The Morgan fingerprint density at radius 2 is 1.80 bits per heavy atom. The average molecular weight is 349 g/mol. The zero-order valence-corrected chi connectivity index (χ0v) is 14.4. The fraction of sp³-hybridized carbons (Fsp3) is 0.444. The first-order valence-corrected chi connectivity index (χ1v) is 8.04. The summed E-state index contributed by atoms with van der Waals surface area (Å²) in [6, 6.07) is 9.17. The molecule has 1 aromatic rings. The fourth-order valence-electron chi connectivity index (χ4n) is 2.08. The number of Topliss-reactive ketones (excluding diaryl/α,β-unsaturated/α-hetero) is 2. The number of benzene rings is 1. The topological polar surface area (TPSA) is 98.8 Å². The summed E-state index contributed by atoms with van der Waals surface area (Å²) in [6.45, 7) is 1.79. The lowest BCUT2D eigenvalue weighted by Gasteiger charge is -2.13. The van der Waals surface area contributed by atoms with Gasteiger partial charge in [0.15, 0.2) is 0 Å². The van der Waals surface area contributed by atoms with Crippen LogP contribution in [0.3, 0.4) is 0 Å². The van der Waals surface area contributed by atoms with E-state index in [-0.39, 0.29) is 38.2 Å². The summed E-state index contributed by atoms with van der Waals surface area (Å²) in [6.07, 6.45) is -0.682. The third kappa shape index (κ3) is 7.60. The lowest BCUT2D eigenvalue weighted by Crippen LogP contribution is -2.32. The van der Waals surface area contributed by atoms with Crippen LogP contribution in [-0.4, -0.2) is 37.3 Å². The van der Waals surface area contributed by atoms with Gasteiger partial charge in [-0.15, -0.1) is 0 Å². The molecule has 25 heavy (non-hydrogen) atoms. The van der Waals surface area contributed by atoms with Crippen LogP contribution in [0, 0.1) is 5.92 Å². The van der Waals surface area contributed by atoms with Gasteiger partial charge in [0.25, 0.3) is 0 Å². The molecule has 0 bridgehead atoms. The zero-order valence-electron chi connectivity index (χ0n) is 14.4. The predicted octanol–water partition coefficient (Wildman–Crippen LogP) is 2.03. The normalized spacial score (nSPS) is 11.3. The van der Waals surface area contributed by atoms with Crippen molar-refractivity contribution in [1.29, 1.82) is 0 Å². The summed E-state index contributed by atoms with van der Waals surface area (Å²) in [5, 5.41) is 2.44. The zero-order chi connectivity index (χ0) is 18.7. The van der Waals surface area contributed by atoms with Crippen LogP contribution in [0.25, 0.3) is 0 Å². The first-order valence-electron chi connectivity index (χ1n) is 8.04. The molecule has 0 saturated carbocycles. The van der Waals surface area contributed by atoms with Gasteiger partial charge in [0.2, 0.25) is 0 Å². The van der Waals surface area contributed by atoms with Crippen LogP contribution >= 0.6 is 0 Å². The summed E-state index contributed by atoms with van der Waals surface area (Å²) in [4.78, 5) is 46.9. The maximum absolute atomic E-state index is 12.1. The molecule has 0 aromatic heterocycles. The smallest absolute Gasteiger partial charge is 0.407 e. The van der Waals surface area contributed by atoms with Crippen molar-refractivity contribution >= 4 is 23.6 Å². The number of esters is 1. The molecule has 0 radical (unpaired) electrons. The first kappa shape index (κ1) is 20.3. The summed E-state index contributed by atoms with van der Waals surface area (Å²) < 4.78 is 9.58. The van der Waals surface area contributed by atoms with E-state index in [9.17, 15) is 19.2 Å². The minimum Gasteiger partial charge on any atom is -0.468 e. The van der Waals surface area contributed by atoms with Crippen LogP contribution in [0.2, 0.25) is 0 Å². The van der Waals surface area contributed by atoms with E-state index in [1.54, 1.807) is 6.92 Å². The second kappa shape index (κ2) is 11.0. The lowest BCUT2D eigenvalue weighted by molar-refractivity contribution is -0.151. The number of ketones is 2. The Morgan fingerprint density at radius 3 is 2.40 bits per heavy atom. The molecule has 1 rings (SSSR count). The summed E-state index contributed by atoms with van der Waals surface area (Å²) in [5.41, 5.74) is 0.845. The highest BCUT2D eigenvalue weighted by atomic mass is 16.5. The van der Waals surface area contributed by atoms with Gasteiger partial charge in [-0.25, -0.2) is 4.79 Å². The van der Waals surface area contributed by atoms with Crippen molar-refractivity contribution < 1.29 is 28.7 Å². The van der Waals surface area contributed by atoms with E-state index in [0.717, 1.165) is 12.7 Å². The van der Waals surface area contributed by atoms with Crippen LogP contribution in [0.4, 0.5) is 4.79 Å². The molecule has 7 heteroatoms. The Bertz CT molecular complexity index is 599. The molecule has 7 nitrogen and oxygen atoms in total. The fourth-order valence-corrected chi connectivity index (χ4v) is 2.08. The number of methoxy groups -OCH3 is 1. The summed E-state index contributed by atoms with van der Waals surface area (Å²) in [7, 11) is 1.16. The van der Waals surface area contributed by atoms with E-state index in [0.29, 0.717) is 0 Å². The Balaban J connectivity index is 2.38. The second-order valence-corrected chi connectivity index (χ2v) is 5.38. The number of carbonyl (C=O) groups is 4. The van der Waals surface area contributed by atoms with Gasteiger partial charge in [0, 0.05) is 25.8 Å². The molecule has 1 atom stereocenters. The van der Waals surface area contributed by atoms with Crippen LogP contribution in [0.5, 0.6) is 0 Å². The second-order valence-electron chi connectivity index (χ2n) is 5.38. The number of rotatable bonds is 10.